The maximum absolute atomic E-state index is 13.2. The minimum Gasteiger partial charge on any atom is -0.507 e. The molecule has 1 N–H and O–H groups in total. The number of Topliss-reactive ketones (excluding diaryl/α,β-unsaturated/α-hetero) is 1. The number of likely N-dealkylation sites (N-methyl/N-ethyl adjacent to an activating group) is 1. The highest BCUT2D eigenvalue weighted by Crippen LogP contribution is 2.39. The highest BCUT2D eigenvalue weighted by molar-refractivity contribution is 6.46. The lowest BCUT2D eigenvalue weighted by Gasteiger charge is -2.28. The molecule has 3 aromatic carbocycles. The van der Waals surface area contributed by atoms with Gasteiger partial charge in [0.1, 0.15) is 18.1 Å². The first kappa shape index (κ1) is 25.2. The quantitative estimate of drug-likeness (QED) is 0.248. The summed E-state index contributed by atoms with van der Waals surface area (Å²) in [5, 5.41) is 11.1. The van der Waals surface area contributed by atoms with Gasteiger partial charge in [-0.3, -0.25) is 9.59 Å². The van der Waals surface area contributed by atoms with Crippen LogP contribution in [0.4, 0.5) is 0 Å². The number of likely N-dealkylation sites (tertiary alicyclic amines) is 1. The normalized spacial score (nSPS) is 17.1. The van der Waals surface area contributed by atoms with Crippen LogP contribution in [0, 0.1) is 0 Å². The molecule has 3 aromatic rings. The van der Waals surface area contributed by atoms with Gasteiger partial charge in [-0.1, -0.05) is 86.6 Å². The molecule has 0 aromatic heterocycles. The standard InChI is InChI=1S/C30H32N2O4/c1-3-31(4-2)19-20-32-27(26(29(34)30(32)35)28(33)24-13-9-6-10-14-24)23-15-17-25(18-16-23)36-21-22-11-7-5-8-12-22/h5-18,27,33H,3-4,19-21H2,1-2H3/b28-26+. The van der Waals surface area contributed by atoms with Crippen molar-refractivity contribution in [1.82, 2.24) is 9.80 Å². The monoisotopic (exact) mass is 484 g/mol. The van der Waals surface area contributed by atoms with Crippen molar-refractivity contribution >= 4 is 17.4 Å². The van der Waals surface area contributed by atoms with E-state index in [-0.39, 0.29) is 11.3 Å². The first-order valence-electron chi connectivity index (χ1n) is 12.4. The first-order valence-corrected chi connectivity index (χ1v) is 12.4. The number of ketones is 1. The van der Waals surface area contributed by atoms with Crippen molar-refractivity contribution in [2.75, 3.05) is 26.2 Å². The summed E-state index contributed by atoms with van der Waals surface area (Å²) < 4.78 is 5.91. The number of ether oxygens (including phenoxy) is 1. The zero-order chi connectivity index (χ0) is 25.5. The Morgan fingerprint density at radius 2 is 1.50 bits per heavy atom. The Balaban J connectivity index is 1.66. The fraction of sp³-hybridized carbons (Fsp3) is 0.267. The summed E-state index contributed by atoms with van der Waals surface area (Å²) in [6, 6.07) is 25.5. The van der Waals surface area contributed by atoms with Crippen LogP contribution in [0.5, 0.6) is 5.75 Å². The van der Waals surface area contributed by atoms with Gasteiger partial charge >= 0.3 is 0 Å². The van der Waals surface area contributed by atoms with E-state index in [4.69, 9.17) is 4.74 Å². The van der Waals surface area contributed by atoms with Crippen molar-refractivity contribution in [2.45, 2.75) is 26.5 Å². The van der Waals surface area contributed by atoms with E-state index in [1.54, 1.807) is 29.2 Å². The second kappa shape index (κ2) is 11.7. The topological polar surface area (TPSA) is 70.1 Å². The maximum atomic E-state index is 13.2. The average molecular weight is 485 g/mol. The van der Waals surface area contributed by atoms with E-state index < -0.39 is 17.7 Å². The molecule has 186 valence electrons. The molecule has 1 atom stereocenters. The van der Waals surface area contributed by atoms with Crippen LogP contribution >= 0.6 is 0 Å². The van der Waals surface area contributed by atoms with Gasteiger partial charge in [0.05, 0.1) is 11.6 Å². The summed E-state index contributed by atoms with van der Waals surface area (Å²) in [4.78, 5) is 30.1. The van der Waals surface area contributed by atoms with Crippen LogP contribution < -0.4 is 4.74 Å². The van der Waals surface area contributed by atoms with E-state index in [0.29, 0.717) is 31.0 Å². The van der Waals surface area contributed by atoms with Crippen LogP contribution in [0.2, 0.25) is 0 Å². The van der Waals surface area contributed by atoms with Crippen molar-refractivity contribution < 1.29 is 19.4 Å². The second-order valence-electron chi connectivity index (χ2n) is 8.73. The molecule has 4 rings (SSSR count). The predicted molar refractivity (Wildman–Crippen MR) is 140 cm³/mol. The highest BCUT2D eigenvalue weighted by atomic mass is 16.5. The third kappa shape index (κ3) is 5.50. The average Bonchev–Trinajstić information content (AvgIpc) is 3.18. The molecule has 0 saturated carbocycles. The Hall–Kier alpha value is -3.90. The van der Waals surface area contributed by atoms with Gasteiger partial charge in [-0.05, 0) is 36.3 Å². The SMILES string of the molecule is CCN(CC)CCN1C(=O)C(=O)/C(=C(/O)c2ccccc2)C1c1ccc(OCc2ccccc2)cc1. The van der Waals surface area contributed by atoms with E-state index in [0.717, 1.165) is 24.2 Å². The molecule has 1 saturated heterocycles. The highest BCUT2D eigenvalue weighted by Gasteiger charge is 2.45. The molecule has 6 heteroatoms. The summed E-state index contributed by atoms with van der Waals surface area (Å²) in [6.45, 7) is 7.30. The number of carbonyl (C=O) groups is 2. The maximum Gasteiger partial charge on any atom is 0.295 e. The van der Waals surface area contributed by atoms with Crippen molar-refractivity contribution in [3.63, 3.8) is 0 Å². The number of carbonyl (C=O) groups excluding carboxylic acids is 2. The van der Waals surface area contributed by atoms with Crippen molar-refractivity contribution in [1.29, 1.82) is 0 Å². The van der Waals surface area contributed by atoms with E-state index in [9.17, 15) is 14.7 Å². The molecule has 1 fully saturated rings. The summed E-state index contributed by atoms with van der Waals surface area (Å²) in [7, 11) is 0. The van der Waals surface area contributed by atoms with Crippen LogP contribution in [0.1, 0.15) is 36.6 Å². The van der Waals surface area contributed by atoms with E-state index >= 15 is 0 Å². The Morgan fingerprint density at radius 3 is 2.11 bits per heavy atom. The van der Waals surface area contributed by atoms with Gasteiger partial charge < -0.3 is 19.6 Å². The summed E-state index contributed by atoms with van der Waals surface area (Å²) >= 11 is 0. The zero-order valence-electron chi connectivity index (χ0n) is 20.8. The molecule has 6 nitrogen and oxygen atoms in total. The van der Waals surface area contributed by atoms with Crippen molar-refractivity contribution in [3.05, 3.63) is 107 Å². The third-order valence-electron chi connectivity index (χ3n) is 6.58. The molecule has 0 spiro atoms. The van der Waals surface area contributed by atoms with Crippen molar-refractivity contribution in [2.24, 2.45) is 0 Å². The van der Waals surface area contributed by atoms with Gasteiger partial charge in [-0.25, -0.2) is 0 Å². The number of aliphatic hydroxyl groups excluding tert-OH is 1. The molecular weight excluding hydrogens is 452 g/mol. The van der Waals surface area contributed by atoms with Gasteiger partial charge in [0.2, 0.25) is 0 Å². The van der Waals surface area contributed by atoms with Crippen molar-refractivity contribution in [3.8, 4) is 5.75 Å². The van der Waals surface area contributed by atoms with Crippen LogP contribution in [-0.2, 0) is 16.2 Å². The van der Waals surface area contributed by atoms with Gasteiger partial charge in [0.25, 0.3) is 11.7 Å². The minimum atomic E-state index is -0.677. The van der Waals surface area contributed by atoms with Gasteiger partial charge in [0.15, 0.2) is 0 Å². The molecule has 0 bridgehead atoms. The van der Waals surface area contributed by atoms with E-state index in [1.807, 2.05) is 60.7 Å². The molecule has 1 aliphatic rings. The van der Waals surface area contributed by atoms with Crippen LogP contribution in [0.15, 0.2) is 90.5 Å². The first-order chi connectivity index (χ1) is 17.5. The molecule has 1 heterocycles. The van der Waals surface area contributed by atoms with Crippen LogP contribution in [-0.4, -0.2) is 52.8 Å². The van der Waals surface area contributed by atoms with Crippen LogP contribution in [0.25, 0.3) is 5.76 Å². The van der Waals surface area contributed by atoms with Gasteiger partial charge in [-0.2, -0.15) is 0 Å². The number of amides is 1. The zero-order valence-corrected chi connectivity index (χ0v) is 20.8. The molecule has 1 aliphatic heterocycles. The number of hydrogen-bond acceptors (Lipinski definition) is 5. The number of nitrogens with zero attached hydrogens (tertiary/aromatic N) is 2. The summed E-state index contributed by atoms with van der Waals surface area (Å²) in [5.41, 5.74) is 2.43. The lowest BCUT2D eigenvalue weighted by Crippen LogP contribution is -2.38. The fourth-order valence-electron chi connectivity index (χ4n) is 4.48. The molecule has 1 amide bonds. The van der Waals surface area contributed by atoms with E-state index in [2.05, 4.69) is 18.7 Å². The molecule has 1 unspecified atom stereocenters. The van der Waals surface area contributed by atoms with Crippen LogP contribution in [0.3, 0.4) is 0 Å². The molecular formula is C30H32N2O4. The number of aliphatic hydroxyl groups is 1. The fourth-order valence-corrected chi connectivity index (χ4v) is 4.48. The number of benzene rings is 3. The predicted octanol–water partition coefficient (Wildman–Crippen LogP) is 5.03. The third-order valence-corrected chi connectivity index (χ3v) is 6.58. The lowest BCUT2D eigenvalue weighted by atomic mass is 9.95. The van der Waals surface area contributed by atoms with Gasteiger partial charge in [0, 0.05) is 18.7 Å². The Kier molecular flexibility index (Phi) is 8.18. The second-order valence-corrected chi connectivity index (χ2v) is 8.73. The molecule has 0 radical (unpaired) electrons. The van der Waals surface area contributed by atoms with E-state index in [1.165, 1.54) is 0 Å². The summed E-state index contributed by atoms with van der Waals surface area (Å²) in [5.74, 6) is -0.723. The summed E-state index contributed by atoms with van der Waals surface area (Å²) in [6.07, 6.45) is 0. The Morgan fingerprint density at radius 1 is 0.889 bits per heavy atom. The molecule has 0 aliphatic carbocycles. The lowest BCUT2D eigenvalue weighted by molar-refractivity contribution is -0.140. The Bertz CT molecular complexity index is 1200. The smallest absolute Gasteiger partial charge is 0.295 e. The van der Waals surface area contributed by atoms with Gasteiger partial charge in [-0.15, -0.1) is 0 Å². The minimum absolute atomic E-state index is 0.115. The number of rotatable bonds is 10. The molecule has 36 heavy (non-hydrogen) atoms. The Labute approximate surface area is 212 Å². The largest absolute Gasteiger partial charge is 0.507 e. The number of hydrogen-bond donors (Lipinski definition) is 1.